The maximum absolute atomic E-state index is 12.8. The highest BCUT2D eigenvalue weighted by molar-refractivity contribution is 5.73. The minimum Gasteiger partial charge on any atom is -0.294 e. The lowest BCUT2D eigenvalue weighted by molar-refractivity contribution is 0.111. The van der Waals surface area contributed by atoms with Gasteiger partial charge < -0.3 is 0 Å². The number of carbonyl (C=O) groups is 1. The predicted octanol–water partition coefficient (Wildman–Crippen LogP) is 1.59. The zero-order valence-corrected chi connectivity index (χ0v) is 6.99. The quantitative estimate of drug-likeness (QED) is 0.621. The van der Waals surface area contributed by atoms with E-state index < -0.39 is 0 Å². The summed E-state index contributed by atoms with van der Waals surface area (Å²) in [5, 5.41) is 0. The molecule has 2 heterocycles. The van der Waals surface area contributed by atoms with Crippen LogP contribution in [0.4, 0.5) is 4.39 Å². The highest BCUT2D eigenvalue weighted by Crippen LogP contribution is 2.11. The number of fused-ring (bicyclic) bond motifs is 1. The first-order valence-electron chi connectivity index (χ1n) is 3.82. The Balaban J connectivity index is 2.89. The third kappa shape index (κ3) is 1.11. The standard InChI is InChI=1S/C9H7FN2O/c1-6-8-3-2-7(10)4-12(8)9(5-13)11-6/h2-5H,1H3. The van der Waals surface area contributed by atoms with E-state index in [2.05, 4.69) is 4.98 Å². The van der Waals surface area contributed by atoms with Crippen LogP contribution in [0.3, 0.4) is 0 Å². The number of nitrogens with zero attached hydrogens (tertiary/aromatic N) is 2. The van der Waals surface area contributed by atoms with E-state index in [1.54, 1.807) is 13.0 Å². The van der Waals surface area contributed by atoms with Gasteiger partial charge in [0.2, 0.25) is 0 Å². The van der Waals surface area contributed by atoms with Gasteiger partial charge in [-0.25, -0.2) is 9.37 Å². The minimum atomic E-state index is -0.381. The van der Waals surface area contributed by atoms with E-state index >= 15 is 0 Å². The second-order valence-electron chi connectivity index (χ2n) is 2.78. The Morgan fingerprint density at radius 1 is 1.54 bits per heavy atom. The van der Waals surface area contributed by atoms with Crippen LogP contribution in [-0.4, -0.2) is 15.7 Å². The highest BCUT2D eigenvalue weighted by atomic mass is 19.1. The van der Waals surface area contributed by atoms with Crippen LogP contribution in [0.25, 0.3) is 5.52 Å². The molecule has 2 aromatic rings. The number of halogens is 1. The van der Waals surface area contributed by atoms with Gasteiger partial charge in [-0.05, 0) is 19.1 Å². The van der Waals surface area contributed by atoms with Crippen molar-refractivity contribution < 1.29 is 9.18 Å². The number of carbonyl (C=O) groups excluding carboxylic acids is 1. The molecule has 0 amide bonds. The molecule has 66 valence electrons. The lowest BCUT2D eigenvalue weighted by Gasteiger charge is -1.94. The van der Waals surface area contributed by atoms with E-state index in [1.165, 1.54) is 16.7 Å². The SMILES string of the molecule is Cc1nc(C=O)n2cc(F)ccc12. The third-order valence-electron chi connectivity index (χ3n) is 1.92. The van der Waals surface area contributed by atoms with E-state index in [4.69, 9.17) is 0 Å². The van der Waals surface area contributed by atoms with Crippen LogP contribution in [0, 0.1) is 12.7 Å². The molecule has 0 saturated carbocycles. The molecule has 3 nitrogen and oxygen atoms in total. The van der Waals surface area contributed by atoms with Crippen LogP contribution in [0.2, 0.25) is 0 Å². The fourth-order valence-corrected chi connectivity index (χ4v) is 1.33. The van der Waals surface area contributed by atoms with Crippen molar-refractivity contribution >= 4 is 11.8 Å². The van der Waals surface area contributed by atoms with Gasteiger partial charge in [0, 0.05) is 6.20 Å². The van der Waals surface area contributed by atoms with Gasteiger partial charge in [-0.15, -0.1) is 0 Å². The van der Waals surface area contributed by atoms with Gasteiger partial charge in [-0.2, -0.15) is 0 Å². The average molecular weight is 178 g/mol. The Hall–Kier alpha value is -1.71. The molecule has 0 aliphatic rings. The van der Waals surface area contributed by atoms with Gasteiger partial charge in [-0.3, -0.25) is 9.20 Å². The summed E-state index contributed by atoms with van der Waals surface area (Å²) < 4.78 is 14.2. The van der Waals surface area contributed by atoms with Crippen LogP contribution < -0.4 is 0 Å². The molecule has 0 saturated heterocycles. The molecule has 0 fully saturated rings. The van der Waals surface area contributed by atoms with Crippen LogP contribution >= 0.6 is 0 Å². The van der Waals surface area contributed by atoms with Crippen molar-refractivity contribution in [2.45, 2.75) is 6.92 Å². The van der Waals surface area contributed by atoms with E-state index in [-0.39, 0.29) is 11.6 Å². The zero-order chi connectivity index (χ0) is 9.42. The lowest BCUT2D eigenvalue weighted by atomic mass is 10.3. The molecule has 2 rings (SSSR count). The summed E-state index contributed by atoms with van der Waals surface area (Å²) in [7, 11) is 0. The second kappa shape index (κ2) is 2.65. The number of hydrogen-bond donors (Lipinski definition) is 0. The molecule has 0 unspecified atom stereocenters. The monoisotopic (exact) mass is 178 g/mol. The average Bonchev–Trinajstić information content (AvgIpc) is 2.42. The number of imidazole rings is 1. The normalized spacial score (nSPS) is 10.6. The van der Waals surface area contributed by atoms with Crippen molar-refractivity contribution in [1.82, 2.24) is 9.38 Å². The Kier molecular flexibility index (Phi) is 1.62. The smallest absolute Gasteiger partial charge is 0.185 e. The fraction of sp³-hybridized carbons (Fsp3) is 0.111. The molecule has 4 heteroatoms. The molecule has 0 atom stereocenters. The van der Waals surface area contributed by atoms with Crippen molar-refractivity contribution in [1.29, 1.82) is 0 Å². The maximum atomic E-state index is 12.8. The zero-order valence-electron chi connectivity index (χ0n) is 6.99. The number of aryl methyl sites for hydroxylation is 1. The number of aldehydes is 1. The van der Waals surface area contributed by atoms with E-state index in [9.17, 15) is 9.18 Å². The van der Waals surface area contributed by atoms with Crippen molar-refractivity contribution in [3.8, 4) is 0 Å². The summed E-state index contributed by atoms with van der Waals surface area (Å²) in [6.07, 6.45) is 1.86. The molecular formula is C9H7FN2O. The van der Waals surface area contributed by atoms with E-state index in [1.807, 2.05) is 0 Å². The van der Waals surface area contributed by atoms with Gasteiger partial charge in [0.1, 0.15) is 5.82 Å². The Morgan fingerprint density at radius 3 is 3.00 bits per heavy atom. The molecule has 0 aliphatic heterocycles. The predicted molar refractivity (Wildman–Crippen MR) is 45.3 cm³/mol. The summed E-state index contributed by atoms with van der Waals surface area (Å²) in [6.45, 7) is 1.78. The molecule has 0 spiro atoms. The maximum Gasteiger partial charge on any atom is 0.185 e. The molecule has 0 N–H and O–H groups in total. The molecule has 13 heavy (non-hydrogen) atoms. The third-order valence-corrected chi connectivity index (χ3v) is 1.92. The Labute approximate surface area is 73.8 Å². The summed E-state index contributed by atoms with van der Waals surface area (Å²) in [4.78, 5) is 14.5. The first-order chi connectivity index (χ1) is 6.22. The topological polar surface area (TPSA) is 34.4 Å². The van der Waals surface area contributed by atoms with Crippen molar-refractivity contribution in [3.63, 3.8) is 0 Å². The first-order valence-corrected chi connectivity index (χ1v) is 3.82. The van der Waals surface area contributed by atoms with Gasteiger partial charge in [-0.1, -0.05) is 0 Å². The van der Waals surface area contributed by atoms with E-state index in [0.29, 0.717) is 6.29 Å². The lowest BCUT2D eigenvalue weighted by Crippen LogP contribution is -1.92. The van der Waals surface area contributed by atoms with Crippen molar-refractivity contribution in [2.24, 2.45) is 0 Å². The van der Waals surface area contributed by atoms with Crippen LogP contribution in [0.15, 0.2) is 18.3 Å². The van der Waals surface area contributed by atoms with Gasteiger partial charge in [0.25, 0.3) is 0 Å². The first kappa shape index (κ1) is 7.91. The molecule has 2 aromatic heterocycles. The van der Waals surface area contributed by atoms with Gasteiger partial charge in [0.15, 0.2) is 12.1 Å². The van der Waals surface area contributed by atoms with Crippen LogP contribution in [0.5, 0.6) is 0 Å². The number of pyridine rings is 1. The molecule has 0 aromatic carbocycles. The van der Waals surface area contributed by atoms with Crippen LogP contribution in [0.1, 0.15) is 16.3 Å². The minimum absolute atomic E-state index is 0.229. The highest BCUT2D eigenvalue weighted by Gasteiger charge is 2.06. The van der Waals surface area contributed by atoms with Crippen LogP contribution in [-0.2, 0) is 0 Å². The summed E-state index contributed by atoms with van der Waals surface area (Å²) in [6, 6.07) is 2.95. The van der Waals surface area contributed by atoms with Gasteiger partial charge >= 0.3 is 0 Å². The van der Waals surface area contributed by atoms with Crippen molar-refractivity contribution in [2.75, 3.05) is 0 Å². The van der Waals surface area contributed by atoms with E-state index in [0.717, 1.165) is 11.2 Å². The second-order valence-corrected chi connectivity index (χ2v) is 2.78. The van der Waals surface area contributed by atoms with Gasteiger partial charge in [0.05, 0.1) is 11.2 Å². The van der Waals surface area contributed by atoms with Crippen molar-refractivity contribution in [3.05, 3.63) is 35.7 Å². The summed E-state index contributed by atoms with van der Waals surface area (Å²) in [5.74, 6) is -0.153. The molecule has 0 bridgehead atoms. The molecule has 0 aliphatic carbocycles. The summed E-state index contributed by atoms with van der Waals surface area (Å²) in [5.41, 5.74) is 1.48. The Bertz CT molecular complexity index is 476. The molecule has 0 radical (unpaired) electrons. The molecular weight excluding hydrogens is 171 g/mol. The number of rotatable bonds is 1. The largest absolute Gasteiger partial charge is 0.294 e. The summed E-state index contributed by atoms with van der Waals surface area (Å²) >= 11 is 0. The number of aromatic nitrogens is 2. The fourth-order valence-electron chi connectivity index (χ4n) is 1.33. The Morgan fingerprint density at radius 2 is 2.31 bits per heavy atom. The number of hydrogen-bond acceptors (Lipinski definition) is 2.